The van der Waals surface area contributed by atoms with Gasteiger partial charge in [-0.05, 0) is 36.6 Å². The smallest absolute Gasteiger partial charge is 0.251 e. The highest BCUT2D eigenvalue weighted by molar-refractivity contribution is 7.80. The summed E-state index contributed by atoms with van der Waals surface area (Å²) in [7, 11) is 0. The number of thiol groups is 1. The van der Waals surface area contributed by atoms with E-state index in [2.05, 4.69) is 17.9 Å². The van der Waals surface area contributed by atoms with Crippen molar-refractivity contribution in [2.75, 3.05) is 13.2 Å². The summed E-state index contributed by atoms with van der Waals surface area (Å²) >= 11 is 4.15. The molecule has 1 aromatic rings. The molecular weight excluding hydrogens is 222 g/mol. The van der Waals surface area contributed by atoms with E-state index in [9.17, 15) is 4.79 Å². The van der Waals surface area contributed by atoms with Crippen molar-refractivity contribution in [2.24, 2.45) is 5.92 Å². The maximum Gasteiger partial charge on any atom is 0.251 e. The summed E-state index contributed by atoms with van der Waals surface area (Å²) in [5, 5.41) is 11.6. The predicted molar refractivity (Wildman–Crippen MR) is 66.9 cm³/mol. The van der Waals surface area contributed by atoms with Crippen LogP contribution in [0.2, 0.25) is 0 Å². The molecule has 0 aliphatic rings. The molecule has 1 amide bonds. The maximum atomic E-state index is 11.7. The summed E-state index contributed by atoms with van der Waals surface area (Å²) < 4.78 is 0. The molecule has 3 nitrogen and oxygen atoms in total. The Morgan fingerprint density at radius 2 is 2.06 bits per heavy atom. The molecule has 0 bridgehead atoms. The molecule has 2 N–H and O–H groups in total. The molecule has 0 aliphatic carbocycles. The maximum absolute atomic E-state index is 11.7. The number of hydrogen-bond acceptors (Lipinski definition) is 3. The fourth-order valence-electron chi connectivity index (χ4n) is 1.30. The molecule has 1 aromatic carbocycles. The Balaban J connectivity index is 2.43. The van der Waals surface area contributed by atoms with Crippen LogP contribution in [0.3, 0.4) is 0 Å². The quantitative estimate of drug-likeness (QED) is 0.685. The summed E-state index contributed by atoms with van der Waals surface area (Å²) in [5.74, 6) is 0.205. The van der Waals surface area contributed by atoms with Crippen molar-refractivity contribution in [1.29, 1.82) is 0 Å². The number of aliphatic hydroxyl groups excluding tert-OH is 1. The van der Waals surface area contributed by atoms with Crippen LogP contribution in [0, 0.1) is 5.92 Å². The Morgan fingerprint density at radius 3 is 2.62 bits per heavy atom. The van der Waals surface area contributed by atoms with Crippen LogP contribution in [0.5, 0.6) is 0 Å². The van der Waals surface area contributed by atoms with E-state index < -0.39 is 0 Å². The van der Waals surface area contributed by atoms with E-state index in [1.165, 1.54) is 0 Å². The van der Waals surface area contributed by atoms with Gasteiger partial charge >= 0.3 is 0 Å². The first-order valence-corrected chi connectivity index (χ1v) is 5.76. The lowest BCUT2D eigenvalue weighted by Crippen LogP contribution is -2.28. The second-order valence-corrected chi connectivity index (χ2v) is 4.39. The Bertz CT molecular complexity index is 337. The lowest BCUT2D eigenvalue weighted by molar-refractivity contribution is 0.0945. The molecule has 0 radical (unpaired) electrons. The minimum atomic E-state index is -0.0851. The minimum Gasteiger partial charge on any atom is -0.396 e. The van der Waals surface area contributed by atoms with Crippen LogP contribution in [0.15, 0.2) is 29.2 Å². The van der Waals surface area contributed by atoms with Crippen LogP contribution < -0.4 is 5.32 Å². The standard InChI is InChI=1S/C12H17NO2S/c1-9(6-7-14)8-13-12(15)10-2-4-11(16)5-3-10/h2-5,9,14,16H,6-8H2,1H3,(H,13,15). The fraction of sp³-hybridized carbons (Fsp3) is 0.417. The summed E-state index contributed by atoms with van der Waals surface area (Å²) in [6.07, 6.45) is 0.704. The molecule has 88 valence electrons. The average Bonchev–Trinajstić information content (AvgIpc) is 2.27. The summed E-state index contributed by atoms with van der Waals surface area (Å²) in [5.41, 5.74) is 0.633. The zero-order valence-corrected chi connectivity index (χ0v) is 10.2. The zero-order chi connectivity index (χ0) is 12.0. The van der Waals surface area contributed by atoms with Gasteiger partial charge in [0, 0.05) is 23.6 Å². The number of nitrogens with one attached hydrogen (secondary N) is 1. The van der Waals surface area contributed by atoms with Crippen molar-refractivity contribution in [3.8, 4) is 0 Å². The van der Waals surface area contributed by atoms with Crippen LogP contribution in [0.4, 0.5) is 0 Å². The van der Waals surface area contributed by atoms with Gasteiger partial charge in [0.1, 0.15) is 0 Å². The molecule has 0 spiro atoms. The van der Waals surface area contributed by atoms with Crippen LogP contribution >= 0.6 is 12.6 Å². The van der Waals surface area contributed by atoms with Gasteiger partial charge in [-0.3, -0.25) is 4.79 Å². The molecule has 0 saturated heterocycles. The number of benzene rings is 1. The molecule has 0 heterocycles. The molecule has 0 fully saturated rings. The molecule has 0 saturated carbocycles. The van der Waals surface area contributed by atoms with Gasteiger partial charge in [-0.1, -0.05) is 6.92 Å². The molecule has 16 heavy (non-hydrogen) atoms. The highest BCUT2D eigenvalue weighted by Gasteiger charge is 2.07. The molecule has 1 rings (SSSR count). The second-order valence-electron chi connectivity index (χ2n) is 3.87. The van der Waals surface area contributed by atoms with Crippen LogP contribution in [0.1, 0.15) is 23.7 Å². The molecule has 1 unspecified atom stereocenters. The van der Waals surface area contributed by atoms with E-state index in [0.29, 0.717) is 18.5 Å². The Hall–Kier alpha value is -1.00. The van der Waals surface area contributed by atoms with E-state index in [1.54, 1.807) is 24.3 Å². The monoisotopic (exact) mass is 239 g/mol. The zero-order valence-electron chi connectivity index (χ0n) is 9.31. The van der Waals surface area contributed by atoms with Gasteiger partial charge in [-0.15, -0.1) is 12.6 Å². The number of aliphatic hydroxyl groups is 1. The van der Waals surface area contributed by atoms with Crippen molar-refractivity contribution in [1.82, 2.24) is 5.32 Å². The van der Waals surface area contributed by atoms with Gasteiger partial charge in [0.25, 0.3) is 5.91 Å². The third-order valence-electron chi connectivity index (χ3n) is 2.36. The average molecular weight is 239 g/mol. The van der Waals surface area contributed by atoms with Crippen molar-refractivity contribution in [2.45, 2.75) is 18.2 Å². The topological polar surface area (TPSA) is 49.3 Å². The number of amides is 1. The van der Waals surface area contributed by atoms with Gasteiger partial charge in [0.05, 0.1) is 0 Å². The number of carbonyl (C=O) groups is 1. The van der Waals surface area contributed by atoms with Crippen molar-refractivity contribution in [3.05, 3.63) is 29.8 Å². The molecule has 1 atom stereocenters. The number of hydrogen-bond donors (Lipinski definition) is 3. The van der Waals surface area contributed by atoms with Crippen LogP contribution in [-0.4, -0.2) is 24.2 Å². The van der Waals surface area contributed by atoms with Gasteiger partial charge < -0.3 is 10.4 Å². The lowest BCUT2D eigenvalue weighted by Gasteiger charge is -2.11. The largest absolute Gasteiger partial charge is 0.396 e. The SMILES string of the molecule is CC(CCO)CNC(=O)c1ccc(S)cc1. The Morgan fingerprint density at radius 1 is 1.44 bits per heavy atom. The van der Waals surface area contributed by atoms with Gasteiger partial charge in [0.15, 0.2) is 0 Å². The van der Waals surface area contributed by atoms with Crippen molar-refractivity contribution >= 4 is 18.5 Å². The number of rotatable bonds is 5. The first-order valence-electron chi connectivity index (χ1n) is 5.31. The van der Waals surface area contributed by atoms with Gasteiger partial charge in [-0.2, -0.15) is 0 Å². The Labute approximate surface area is 101 Å². The molecule has 4 heteroatoms. The van der Waals surface area contributed by atoms with E-state index in [1.807, 2.05) is 6.92 Å². The highest BCUT2D eigenvalue weighted by atomic mass is 32.1. The van der Waals surface area contributed by atoms with Gasteiger partial charge in [-0.25, -0.2) is 0 Å². The third kappa shape index (κ3) is 4.24. The van der Waals surface area contributed by atoms with E-state index >= 15 is 0 Å². The van der Waals surface area contributed by atoms with E-state index in [0.717, 1.165) is 4.90 Å². The van der Waals surface area contributed by atoms with Crippen LogP contribution in [0.25, 0.3) is 0 Å². The highest BCUT2D eigenvalue weighted by Crippen LogP contribution is 2.07. The molecule has 0 aliphatic heterocycles. The second kappa shape index (κ2) is 6.55. The fourth-order valence-corrected chi connectivity index (χ4v) is 1.45. The minimum absolute atomic E-state index is 0.0851. The van der Waals surface area contributed by atoms with E-state index in [4.69, 9.17) is 5.11 Å². The predicted octanol–water partition coefficient (Wildman–Crippen LogP) is 1.72. The van der Waals surface area contributed by atoms with Crippen molar-refractivity contribution < 1.29 is 9.90 Å². The summed E-state index contributed by atoms with van der Waals surface area (Å²) in [4.78, 5) is 12.5. The lowest BCUT2D eigenvalue weighted by atomic mass is 10.1. The first kappa shape index (κ1) is 13.1. The normalized spacial score (nSPS) is 12.2. The van der Waals surface area contributed by atoms with Crippen molar-refractivity contribution in [3.63, 3.8) is 0 Å². The molecule has 0 aromatic heterocycles. The molecular formula is C12H17NO2S. The Kier molecular flexibility index (Phi) is 5.35. The van der Waals surface area contributed by atoms with E-state index in [-0.39, 0.29) is 18.4 Å². The number of carbonyl (C=O) groups excluding carboxylic acids is 1. The summed E-state index contributed by atoms with van der Waals surface area (Å²) in [6.45, 7) is 2.74. The third-order valence-corrected chi connectivity index (χ3v) is 2.66. The van der Waals surface area contributed by atoms with Gasteiger partial charge in [0.2, 0.25) is 0 Å². The first-order chi connectivity index (χ1) is 7.63. The van der Waals surface area contributed by atoms with Crippen LogP contribution in [-0.2, 0) is 0 Å². The summed E-state index contributed by atoms with van der Waals surface area (Å²) in [6, 6.07) is 7.06.